The van der Waals surface area contributed by atoms with Crippen LogP contribution in [0, 0.1) is 17.0 Å². The Balaban J connectivity index is 1.91. The zero-order valence-electron chi connectivity index (χ0n) is 15.9. The molecule has 27 heavy (non-hydrogen) atoms. The molecule has 1 N–H and O–H groups in total. The van der Waals surface area contributed by atoms with Crippen LogP contribution in [0.4, 0.5) is 5.69 Å². The number of carbonyl (C=O) groups excluding carboxylic acids is 1. The number of aryl methyl sites for hydroxylation is 1. The quantitative estimate of drug-likeness (QED) is 0.506. The first-order valence-corrected chi connectivity index (χ1v) is 8.91. The molecule has 0 aliphatic rings. The average molecular weight is 375 g/mol. The van der Waals surface area contributed by atoms with Gasteiger partial charge in [0.15, 0.2) is 11.5 Å². The Morgan fingerprint density at radius 2 is 2.00 bits per heavy atom. The molecule has 0 radical (unpaired) electrons. The van der Waals surface area contributed by atoms with Gasteiger partial charge in [-0.2, -0.15) is 0 Å². The number of rotatable bonds is 10. The van der Waals surface area contributed by atoms with E-state index in [0.717, 1.165) is 25.2 Å². The number of nitrogens with zero attached hydrogens (tertiary/aromatic N) is 2. The Bertz CT molecular complexity index is 783. The van der Waals surface area contributed by atoms with Gasteiger partial charge in [0.05, 0.1) is 4.92 Å². The number of furan rings is 1. The second-order valence-corrected chi connectivity index (χ2v) is 6.07. The molecular formula is C19H25N3O5. The van der Waals surface area contributed by atoms with Crippen molar-refractivity contribution < 1.29 is 18.9 Å². The summed E-state index contributed by atoms with van der Waals surface area (Å²) in [7, 11) is 0. The van der Waals surface area contributed by atoms with Crippen LogP contribution in [-0.4, -0.2) is 41.9 Å². The molecule has 8 heteroatoms. The maximum absolute atomic E-state index is 12.1. The number of hydrogen-bond acceptors (Lipinski definition) is 6. The van der Waals surface area contributed by atoms with Gasteiger partial charge in [-0.1, -0.05) is 19.9 Å². The van der Waals surface area contributed by atoms with Gasteiger partial charge in [-0.25, -0.2) is 0 Å². The van der Waals surface area contributed by atoms with E-state index in [1.165, 1.54) is 6.07 Å². The fourth-order valence-corrected chi connectivity index (χ4v) is 2.57. The predicted octanol–water partition coefficient (Wildman–Crippen LogP) is 3.15. The van der Waals surface area contributed by atoms with Crippen molar-refractivity contribution in [3.63, 3.8) is 0 Å². The second-order valence-electron chi connectivity index (χ2n) is 6.07. The molecule has 0 aliphatic heterocycles. The predicted molar refractivity (Wildman–Crippen MR) is 101 cm³/mol. The Kier molecular flexibility index (Phi) is 7.36. The average Bonchev–Trinajstić information content (AvgIpc) is 3.13. The molecule has 1 heterocycles. The third-order valence-electron chi connectivity index (χ3n) is 4.17. The van der Waals surface area contributed by atoms with Gasteiger partial charge in [-0.3, -0.25) is 14.9 Å². The van der Waals surface area contributed by atoms with Crippen molar-refractivity contribution in [1.82, 2.24) is 10.2 Å². The number of nitro benzene ring substituents is 1. The number of likely N-dealkylation sites (N-methyl/N-ethyl adjacent to an activating group) is 1. The monoisotopic (exact) mass is 375 g/mol. The first kappa shape index (κ1) is 20.4. The Morgan fingerprint density at radius 3 is 2.67 bits per heavy atom. The molecule has 0 fully saturated rings. The number of nitro groups is 1. The maximum atomic E-state index is 12.1. The molecule has 8 nitrogen and oxygen atoms in total. The van der Waals surface area contributed by atoms with E-state index in [-0.39, 0.29) is 29.7 Å². The van der Waals surface area contributed by atoms with E-state index in [4.69, 9.17) is 9.15 Å². The van der Waals surface area contributed by atoms with Crippen LogP contribution in [0.1, 0.15) is 35.7 Å². The first-order chi connectivity index (χ1) is 12.9. The van der Waals surface area contributed by atoms with Crippen LogP contribution < -0.4 is 10.1 Å². The van der Waals surface area contributed by atoms with Gasteiger partial charge in [0.1, 0.15) is 12.4 Å². The third kappa shape index (κ3) is 5.82. The molecule has 0 atom stereocenters. The van der Waals surface area contributed by atoms with Crippen molar-refractivity contribution >= 4 is 11.6 Å². The van der Waals surface area contributed by atoms with E-state index in [9.17, 15) is 14.9 Å². The minimum absolute atomic E-state index is 0.00335. The lowest BCUT2D eigenvalue weighted by atomic mass is 10.2. The Morgan fingerprint density at radius 1 is 1.26 bits per heavy atom. The fraction of sp³-hybridized carbons (Fsp3) is 0.421. The molecule has 0 saturated carbocycles. The molecular weight excluding hydrogens is 350 g/mol. The highest BCUT2D eigenvalue weighted by Crippen LogP contribution is 2.28. The van der Waals surface area contributed by atoms with Crippen molar-refractivity contribution in [2.75, 3.05) is 26.2 Å². The summed E-state index contributed by atoms with van der Waals surface area (Å²) in [5.74, 6) is 0.465. The van der Waals surface area contributed by atoms with Gasteiger partial charge in [-0.15, -0.1) is 0 Å². The molecule has 0 saturated heterocycles. The molecule has 1 amide bonds. The number of nitrogens with one attached hydrogen (secondary N) is 1. The number of amides is 1. The normalized spacial score (nSPS) is 10.8. The van der Waals surface area contributed by atoms with Crippen molar-refractivity contribution in [3.8, 4) is 5.75 Å². The largest absolute Gasteiger partial charge is 0.479 e. The van der Waals surface area contributed by atoms with Crippen LogP contribution in [0.25, 0.3) is 0 Å². The van der Waals surface area contributed by atoms with E-state index in [0.29, 0.717) is 12.3 Å². The fourth-order valence-electron chi connectivity index (χ4n) is 2.57. The van der Waals surface area contributed by atoms with Crippen LogP contribution in [-0.2, 0) is 6.61 Å². The molecule has 146 valence electrons. The van der Waals surface area contributed by atoms with E-state index >= 15 is 0 Å². The van der Waals surface area contributed by atoms with Gasteiger partial charge in [0.25, 0.3) is 5.91 Å². The second kappa shape index (κ2) is 9.72. The van der Waals surface area contributed by atoms with Crippen LogP contribution in [0.2, 0.25) is 0 Å². The van der Waals surface area contributed by atoms with Crippen molar-refractivity contribution in [2.45, 2.75) is 27.4 Å². The molecule has 0 unspecified atom stereocenters. The van der Waals surface area contributed by atoms with Gasteiger partial charge >= 0.3 is 5.69 Å². The molecule has 2 rings (SSSR count). The zero-order chi connectivity index (χ0) is 19.8. The van der Waals surface area contributed by atoms with Crippen molar-refractivity contribution in [1.29, 1.82) is 0 Å². The summed E-state index contributed by atoms with van der Waals surface area (Å²) in [4.78, 5) is 25.0. The maximum Gasteiger partial charge on any atom is 0.311 e. The van der Waals surface area contributed by atoms with Crippen LogP contribution in [0.15, 0.2) is 34.7 Å². The number of ether oxygens (including phenoxy) is 1. The summed E-state index contributed by atoms with van der Waals surface area (Å²) in [6, 6.07) is 7.93. The summed E-state index contributed by atoms with van der Waals surface area (Å²) >= 11 is 0. The van der Waals surface area contributed by atoms with Crippen molar-refractivity contribution in [2.24, 2.45) is 0 Å². The third-order valence-corrected chi connectivity index (χ3v) is 4.17. The molecule has 0 bridgehead atoms. The topological polar surface area (TPSA) is 97.9 Å². The standard InChI is InChI=1S/C19H25N3O5/c1-4-21(5-2)11-10-20-19(23)18-9-7-15(27-18)13-26-17-8-6-14(3)12-16(17)22(24)25/h6-9,12H,4-5,10-11,13H2,1-3H3,(H,20,23). The zero-order valence-corrected chi connectivity index (χ0v) is 15.9. The molecule has 0 aliphatic carbocycles. The number of carbonyl (C=O) groups is 1. The Labute approximate surface area is 158 Å². The van der Waals surface area contributed by atoms with Gasteiger partial charge in [-0.05, 0) is 43.8 Å². The molecule has 1 aromatic carbocycles. The molecule has 0 spiro atoms. The van der Waals surface area contributed by atoms with E-state index in [1.54, 1.807) is 31.2 Å². The van der Waals surface area contributed by atoms with Gasteiger partial charge in [0.2, 0.25) is 0 Å². The number of hydrogen-bond donors (Lipinski definition) is 1. The summed E-state index contributed by atoms with van der Waals surface area (Å²) in [6.07, 6.45) is 0. The summed E-state index contributed by atoms with van der Waals surface area (Å²) in [5.41, 5.74) is 0.673. The smallest absolute Gasteiger partial charge is 0.311 e. The minimum Gasteiger partial charge on any atom is -0.479 e. The number of benzene rings is 1. The van der Waals surface area contributed by atoms with E-state index in [2.05, 4.69) is 24.1 Å². The van der Waals surface area contributed by atoms with Crippen molar-refractivity contribution in [3.05, 3.63) is 57.5 Å². The van der Waals surface area contributed by atoms with Gasteiger partial charge < -0.3 is 19.4 Å². The van der Waals surface area contributed by atoms with Crippen LogP contribution in [0.3, 0.4) is 0 Å². The highest BCUT2D eigenvalue weighted by molar-refractivity contribution is 5.91. The lowest BCUT2D eigenvalue weighted by Crippen LogP contribution is -2.34. The van der Waals surface area contributed by atoms with Crippen LogP contribution in [0.5, 0.6) is 5.75 Å². The lowest BCUT2D eigenvalue weighted by molar-refractivity contribution is -0.386. The SMILES string of the molecule is CCN(CC)CCNC(=O)c1ccc(COc2ccc(C)cc2[N+](=O)[O-])o1. The lowest BCUT2D eigenvalue weighted by Gasteiger charge is -2.17. The molecule has 1 aromatic heterocycles. The minimum atomic E-state index is -0.487. The van der Waals surface area contributed by atoms with Crippen LogP contribution >= 0.6 is 0 Å². The first-order valence-electron chi connectivity index (χ1n) is 8.91. The summed E-state index contributed by atoms with van der Waals surface area (Å²) < 4.78 is 11.0. The highest BCUT2D eigenvalue weighted by Gasteiger charge is 2.16. The van der Waals surface area contributed by atoms with Gasteiger partial charge in [0, 0.05) is 19.2 Å². The summed E-state index contributed by atoms with van der Waals surface area (Å²) in [6.45, 7) is 9.07. The molecule has 2 aromatic rings. The summed E-state index contributed by atoms with van der Waals surface area (Å²) in [5, 5.41) is 13.9. The van der Waals surface area contributed by atoms with E-state index in [1.807, 2.05) is 0 Å². The Hall–Kier alpha value is -2.87. The van der Waals surface area contributed by atoms with E-state index < -0.39 is 4.92 Å². The highest BCUT2D eigenvalue weighted by atomic mass is 16.6.